The molecule has 1 aliphatic carbocycles. The smallest absolute Gasteiger partial charge is 0.256 e. The van der Waals surface area contributed by atoms with Crippen LogP contribution in [0.25, 0.3) is 0 Å². The van der Waals surface area contributed by atoms with E-state index in [1.165, 1.54) is 4.09 Å². The van der Waals surface area contributed by atoms with E-state index in [9.17, 15) is 8.42 Å². The van der Waals surface area contributed by atoms with Crippen LogP contribution in [0.5, 0.6) is 0 Å². The molecule has 5 nitrogen and oxygen atoms in total. The second-order valence-electron chi connectivity index (χ2n) is 3.81. The maximum absolute atomic E-state index is 11.9. The molecule has 3 rings (SSSR count). The Kier molecular flexibility index (Phi) is 1.55. The van der Waals surface area contributed by atoms with Gasteiger partial charge in [0, 0.05) is 18.7 Å². The molecule has 1 saturated carbocycles. The first-order valence-corrected chi connectivity index (χ1v) is 6.21. The van der Waals surface area contributed by atoms with Gasteiger partial charge < -0.3 is 5.32 Å². The Morgan fingerprint density at radius 3 is 2.93 bits per heavy atom. The summed E-state index contributed by atoms with van der Waals surface area (Å²) in [4.78, 5) is 0. The minimum Gasteiger partial charge on any atom is -0.307 e. The molecule has 76 valence electrons. The van der Waals surface area contributed by atoms with Crippen LogP contribution in [0.2, 0.25) is 0 Å². The van der Waals surface area contributed by atoms with Crippen LogP contribution in [0.4, 0.5) is 0 Å². The van der Waals surface area contributed by atoms with E-state index in [1.54, 1.807) is 6.20 Å². The van der Waals surface area contributed by atoms with Crippen LogP contribution in [-0.4, -0.2) is 22.9 Å². The first-order valence-electron chi connectivity index (χ1n) is 4.70. The van der Waals surface area contributed by atoms with E-state index in [0.29, 0.717) is 6.54 Å². The maximum atomic E-state index is 11.9. The minimum absolute atomic E-state index is 0.188. The van der Waals surface area contributed by atoms with Crippen LogP contribution in [0, 0.1) is 0 Å². The fraction of sp³-hybridized carbons (Fsp3) is 0.625. The summed E-state index contributed by atoms with van der Waals surface area (Å²) in [7, 11) is -3.18. The predicted molar refractivity (Wildman–Crippen MR) is 50.1 cm³/mol. The average Bonchev–Trinajstić information content (AvgIpc) is 2.75. The van der Waals surface area contributed by atoms with Gasteiger partial charge in [0.05, 0.1) is 17.1 Å². The first kappa shape index (κ1) is 8.43. The Morgan fingerprint density at radius 2 is 2.21 bits per heavy atom. The quantitative estimate of drug-likeness (QED) is 0.740. The first-order chi connectivity index (χ1) is 6.69. The van der Waals surface area contributed by atoms with Gasteiger partial charge in [-0.25, -0.2) is 8.42 Å². The molecule has 2 aliphatic rings. The maximum Gasteiger partial charge on any atom is 0.256 e. The van der Waals surface area contributed by atoms with E-state index in [4.69, 9.17) is 0 Å². The van der Waals surface area contributed by atoms with Crippen LogP contribution in [0.1, 0.15) is 24.1 Å². The molecule has 0 spiro atoms. The fourth-order valence-electron chi connectivity index (χ4n) is 1.76. The second kappa shape index (κ2) is 2.58. The van der Waals surface area contributed by atoms with E-state index >= 15 is 0 Å². The number of fused-ring (bicyclic) bond motifs is 1. The van der Waals surface area contributed by atoms with E-state index in [-0.39, 0.29) is 5.25 Å². The van der Waals surface area contributed by atoms with Crippen molar-refractivity contribution in [3.63, 3.8) is 0 Å². The van der Waals surface area contributed by atoms with Gasteiger partial charge in [0.15, 0.2) is 0 Å². The van der Waals surface area contributed by atoms with Crippen molar-refractivity contribution in [1.29, 1.82) is 0 Å². The lowest BCUT2D eigenvalue weighted by atomic mass is 10.3. The van der Waals surface area contributed by atoms with Crippen molar-refractivity contribution >= 4 is 10.0 Å². The monoisotopic (exact) mass is 213 g/mol. The van der Waals surface area contributed by atoms with Crippen molar-refractivity contribution in [3.8, 4) is 0 Å². The van der Waals surface area contributed by atoms with Gasteiger partial charge in [-0.2, -0.15) is 9.19 Å². The van der Waals surface area contributed by atoms with Crippen molar-refractivity contribution in [2.75, 3.05) is 0 Å². The summed E-state index contributed by atoms with van der Waals surface area (Å²) in [5.74, 6) is 0. The van der Waals surface area contributed by atoms with Crippen LogP contribution < -0.4 is 5.32 Å². The molecule has 14 heavy (non-hydrogen) atoms. The molecule has 1 aromatic heterocycles. The third-order valence-corrected chi connectivity index (χ3v) is 4.83. The van der Waals surface area contributed by atoms with Crippen LogP contribution in [0.15, 0.2) is 6.20 Å². The average molecular weight is 213 g/mol. The number of nitrogens with zero attached hydrogens (tertiary/aromatic N) is 2. The number of hydrogen-bond donors (Lipinski definition) is 1. The lowest BCUT2D eigenvalue weighted by Gasteiger charge is -2.04. The summed E-state index contributed by atoms with van der Waals surface area (Å²) >= 11 is 0. The second-order valence-corrected chi connectivity index (χ2v) is 5.85. The van der Waals surface area contributed by atoms with E-state index in [2.05, 4.69) is 10.4 Å². The van der Waals surface area contributed by atoms with Crippen LogP contribution in [0.3, 0.4) is 0 Å². The van der Waals surface area contributed by atoms with Gasteiger partial charge >= 0.3 is 0 Å². The zero-order chi connectivity index (χ0) is 9.76. The van der Waals surface area contributed by atoms with Crippen LogP contribution >= 0.6 is 0 Å². The van der Waals surface area contributed by atoms with E-state index in [1.807, 2.05) is 0 Å². The Bertz CT molecular complexity index is 473. The molecule has 1 N–H and O–H groups in total. The van der Waals surface area contributed by atoms with Gasteiger partial charge in [0.2, 0.25) is 0 Å². The van der Waals surface area contributed by atoms with Gasteiger partial charge in [-0.05, 0) is 12.8 Å². The van der Waals surface area contributed by atoms with E-state index < -0.39 is 10.0 Å². The molecule has 0 bridgehead atoms. The van der Waals surface area contributed by atoms with Gasteiger partial charge in [-0.1, -0.05) is 0 Å². The van der Waals surface area contributed by atoms with Crippen molar-refractivity contribution < 1.29 is 8.42 Å². The topological polar surface area (TPSA) is 64.0 Å². The summed E-state index contributed by atoms with van der Waals surface area (Å²) in [6.45, 7) is 1.34. The highest BCUT2D eigenvalue weighted by Gasteiger charge is 2.39. The minimum atomic E-state index is -3.18. The summed E-state index contributed by atoms with van der Waals surface area (Å²) in [6, 6.07) is 0. The molecule has 1 aromatic rings. The normalized spacial score (nSPS) is 21.1. The molecule has 0 atom stereocenters. The third kappa shape index (κ3) is 1.04. The van der Waals surface area contributed by atoms with E-state index in [0.717, 1.165) is 30.6 Å². The van der Waals surface area contributed by atoms with Crippen molar-refractivity contribution in [3.05, 3.63) is 17.5 Å². The Morgan fingerprint density at radius 1 is 1.43 bits per heavy atom. The highest BCUT2D eigenvalue weighted by Crippen LogP contribution is 2.31. The number of hydrogen-bond acceptors (Lipinski definition) is 4. The van der Waals surface area contributed by atoms with Gasteiger partial charge in [0.1, 0.15) is 0 Å². The molecule has 6 heteroatoms. The molecule has 1 aliphatic heterocycles. The van der Waals surface area contributed by atoms with Crippen molar-refractivity contribution in [2.45, 2.75) is 31.2 Å². The summed E-state index contributed by atoms with van der Waals surface area (Å²) in [6.07, 6.45) is 3.21. The lowest BCUT2D eigenvalue weighted by molar-refractivity contribution is 0.573. The summed E-state index contributed by atoms with van der Waals surface area (Å²) in [5.41, 5.74) is 1.83. The highest BCUT2D eigenvalue weighted by molar-refractivity contribution is 7.90. The molecule has 2 heterocycles. The molecule has 0 saturated heterocycles. The Balaban J connectivity index is 2.12. The third-order valence-electron chi connectivity index (χ3n) is 2.71. The number of rotatable bonds is 2. The molecule has 0 aromatic carbocycles. The Labute approximate surface area is 82.2 Å². The molecular formula is C8H11N3O2S. The van der Waals surface area contributed by atoms with Crippen molar-refractivity contribution in [2.24, 2.45) is 0 Å². The number of nitrogens with one attached hydrogen (secondary N) is 1. The highest BCUT2D eigenvalue weighted by atomic mass is 32.2. The number of aromatic nitrogens is 2. The molecule has 0 unspecified atom stereocenters. The molecular weight excluding hydrogens is 202 g/mol. The van der Waals surface area contributed by atoms with Crippen molar-refractivity contribution in [1.82, 2.24) is 14.5 Å². The standard InChI is InChI=1S/C8H11N3O2S/c12-14(13,7-1-2-7)11-8-5-9-3-6(8)4-10-11/h4,7,9H,1-3,5H2. The predicted octanol–water partition coefficient (Wildman–Crippen LogP) is -0.173. The summed E-state index contributed by atoms with van der Waals surface area (Å²) < 4.78 is 25.0. The zero-order valence-electron chi connectivity index (χ0n) is 7.60. The fourth-order valence-corrected chi connectivity index (χ4v) is 3.44. The molecule has 0 radical (unpaired) electrons. The Hall–Kier alpha value is -0.880. The van der Waals surface area contributed by atoms with Crippen LogP contribution in [-0.2, 0) is 23.1 Å². The zero-order valence-corrected chi connectivity index (χ0v) is 8.42. The molecule has 0 amide bonds. The largest absolute Gasteiger partial charge is 0.307 e. The van der Waals surface area contributed by atoms with Gasteiger partial charge in [-0.3, -0.25) is 0 Å². The lowest BCUT2D eigenvalue weighted by Crippen LogP contribution is -2.21. The molecule has 1 fully saturated rings. The van der Waals surface area contributed by atoms with Gasteiger partial charge in [-0.15, -0.1) is 0 Å². The SMILES string of the molecule is O=S(=O)(C1CC1)n1ncc2c1CNC2. The van der Waals surface area contributed by atoms with Gasteiger partial charge in [0.25, 0.3) is 10.0 Å². The summed E-state index contributed by atoms with van der Waals surface area (Å²) in [5, 5.41) is 6.89.